The number of hydrogen-bond acceptors (Lipinski definition) is 1. The average Bonchev–Trinajstić information content (AvgIpc) is 3.00. The molecule has 0 amide bonds. The molecule has 0 unspecified atom stereocenters. The van der Waals surface area contributed by atoms with Crippen LogP contribution in [0.1, 0.15) is 5.48 Å². The van der Waals surface area contributed by atoms with Gasteiger partial charge in [0.25, 0.3) is 0 Å². The van der Waals surface area contributed by atoms with Gasteiger partial charge < -0.3 is 4.74 Å². The molecular weight excluding hydrogens is 448 g/mol. The Balaban J connectivity index is 1.62. The summed E-state index contributed by atoms with van der Waals surface area (Å²) in [6.45, 7) is 0. The predicted molar refractivity (Wildman–Crippen MR) is 155 cm³/mol. The monoisotopic (exact) mass is 474 g/mol. The highest BCUT2D eigenvalue weighted by Gasteiger charge is 2.23. The summed E-state index contributed by atoms with van der Waals surface area (Å²) in [6.07, 6.45) is 0. The zero-order chi connectivity index (χ0) is 27.8. The summed E-state index contributed by atoms with van der Waals surface area (Å²) in [5.41, 5.74) is 5.21. The maximum absolute atomic E-state index is 9.13. The van der Waals surface area contributed by atoms with Crippen LogP contribution >= 0.6 is 0 Å². The van der Waals surface area contributed by atoms with E-state index in [2.05, 4.69) is 24.3 Å². The molecule has 8 rings (SSSR count). The van der Waals surface area contributed by atoms with Crippen molar-refractivity contribution in [1.29, 1.82) is 0 Å². The molecule has 1 heterocycles. The minimum Gasteiger partial charge on any atom is -0.456 e. The highest BCUT2D eigenvalue weighted by atomic mass is 16.5. The van der Waals surface area contributed by atoms with Crippen LogP contribution in [0.25, 0.3) is 65.7 Å². The van der Waals surface area contributed by atoms with Crippen molar-refractivity contribution >= 4 is 32.3 Å². The largest absolute Gasteiger partial charge is 0.456 e. The van der Waals surface area contributed by atoms with E-state index >= 15 is 0 Å². The van der Waals surface area contributed by atoms with Gasteiger partial charge in [0.2, 0.25) is 0 Å². The maximum Gasteiger partial charge on any atom is 0.135 e. The third kappa shape index (κ3) is 2.92. The highest BCUT2D eigenvalue weighted by Crippen LogP contribution is 2.51. The Bertz CT molecular complexity index is 2150. The van der Waals surface area contributed by atoms with Gasteiger partial charge in [0.15, 0.2) is 0 Å². The van der Waals surface area contributed by atoms with Gasteiger partial charge in [-0.1, -0.05) is 121 Å². The summed E-state index contributed by atoms with van der Waals surface area (Å²) in [5, 5.41) is 4.37. The van der Waals surface area contributed by atoms with E-state index in [1.807, 2.05) is 60.7 Å². The Kier molecular flexibility index (Phi) is 3.53. The van der Waals surface area contributed by atoms with Crippen molar-refractivity contribution in [3.05, 3.63) is 133 Å². The first-order valence-corrected chi connectivity index (χ1v) is 12.4. The van der Waals surface area contributed by atoms with E-state index in [0.29, 0.717) is 27.1 Å². The van der Waals surface area contributed by atoms with Crippen LogP contribution < -0.4 is 4.74 Å². The van der Waals surface area contributed by atoms with Crippen LogP contribution in [0.3, 0.4) is 0 Å². The first kappa shape index (κ1) is 16.7. The fraction of sp³-hybridized carbons (Fsp3) is 0. The molecule has 1 heteroatoms. The summed E-state index contributed by atoms with van der Waals surface area (Å²) < 4.78 is 42.7. The minimum absolute atomic E-state index is 0.280. The average molecular weight is 475 g/mol. The second-order valence-electron chi connectivity index (χ2n) is 9.30. The van der Waals surface area contributed by atoms with Gasteiger partial charge >= 0.3 is 0 Å². The van der Waals surface area contributed by atoms with E-state index in [0.717, 1.165) is 50.1 Å². The maximum atomic E-state index is 9.13. The smallest absolute Gasteiger partial charge is 0.135 e. The van der Waals surface area contributed by atoms with Crippen LogP contribution in [0.4, 0.5) is 0 Å². The SMILES string of the molecule is [2H]c1ccc([2H])c2c(-c3ccc4c5c(cccc35)Oc3ccccc3-4)c3c([2H])ccc([2H])c3c(-c3ccccc3)c12. The molecular formula is C36H22O. The van der Waals surface area contributed by atoms with Crippen molar-refractivity contribution in [3.8, 4) is 44.9 Å². The zero-order valence-electron chi connectivity index (χ0n) is 23.8. The number of fused-ring (bicyclic) bond motifs is 4. The number of para-hydroxylation sites is 1. The fourth-order valence-corrected chi connectivity index (χ4v) is 5.79. The normalized spacial score (nSPS) is 13.5. The van der Waals surface area contributed by atoms with Crippen LogP contribution in [-0.2, 0) is 0 Å². The molecule has 0 atom stereocenters. The van der Waals surface area contributed by atoms with Gasteiger partial charge in [-0.25, -0.2) is 0 Å². The van der Waals surface area contributed by atoms with E-state index in [-0.39, 0.29) is 24.2 Å². The van der Waals surface area contributed by atoms with Crippen LogP contribution in [0.15, 0.2) is 133 Å². The molecule has 0 saturated carbocycles. The minimum atomic E-state index is 0.280. The molecule has 37 heavy (non-hydrogen) atoms. The van der Waals surface area contributed by atoms with Gasteiger partial charge in [-0.05, 0) is 66.9 Å². The summed E-state index contributed by atoms with van der Waals surface area (Å²) in [4.78, 5) is 0. The van der Waals surface area contributed by atoms with Crippen LogP contribution in [0.5, 0.6) is 11.5 Å². The molecule has 172 valence electrons. The Morgan fingerprint density at radius 2 is 1.00 bits per heavy atom. The van der Waals surface area contributed by atoms with Crippen LogP contribution in [-0.4, -0.2) is 0 Å². The van der Waals surface area contributed by atoms with E-state index in [4.69, 9.17) is 10.2 Å². The molecule has 0 radical (unpaired) electrons. The molecule has 0 aliphatic carbocycles. The summed E-state index contributed by atoms with van der Waals surface area (Å²) in [6, 6.07) is 35.7. The van der Waals surface area contributed by atoms with Crippen LogP contribution in [0.2, 0.25) is 0 Å². The van der Waals surface area contributed by atoms with Crippen molar-refractivity contribution in [1.82, 2.24) is 0 Å². The Labute approximate surface area is 220 Å². The van der Waals surface area contributed by atoms with E-state index < -0.39 is 0 Å². The number of rotatable bonds is 2. The van der Waals surface area contributed by atoms with E-state index in [9.17, 15) is 0 Å². The summed E-state index contributed by atoms with van der Waals surface area (Å²) in [7, 11) is 0. The van der Waals surface area contributed by atoms with Gasteiger partial charge in [-0.2, -0.15) is 0 Å². The lowest BCUT2D eigenvalue weighted by atomic mass is 9.83. The molecule has 1 aliphatic heterocycles. The number of ether oxygens (including phenoxy) is 1. The molecule has 0 N–H and O–H groups in total. The quantitative estimate of drug-likeness (QED) is 0.226. The zero-order valence-corrected chi connectivity index (χ0v) is 19.8. The Hall–Kier alpha value is -4.88. The summed E-state index contributed by atoms with van der Waals surface area (Å²) >= 11 is 0. The van der Waals surface area contributed by atoms with Crippen molar-refractivity contribution in [2.24, 2.45) is 0 Å². The van der Waals surface area contributed by atoms with E-state index in [1.165, 1.54) is 0 Å². The van der Waals surface area contributed by atoms with Crippen molar-refractivity contribution in [2.75, 3.05) is 0 Å². The third-order valence-electron chi connectivity index (χ3n) is 7.31. The molecule has 0 fully saturated rings. The molecule has 0 spiro atoms. The molecule has 1 aliphatic rings. The highest BCUT2D eigenvalue weighted by molar-refractivity contribution is 6.24. The Morgan fingerprint density at radius 1 is 0.405 bits per heavy atom. The fourth-order valence-electron chi connectivity index (χ4n) is 5.79. The molecule has 7 aromatic carbocycles. The molecule has 0 bridgehead atoms. The summed E-state index contributed by atoms with van der Waals surface area (Å²) in [5.74, 6) is 1.56. The third-order valence-corrected chi connectivity index (χ3v) is 7.31. The second-order valence-corrected chi connectivity index (χ2v) is 9.30. The number of hydrogen-bond donors (Lipinski definition) is 0. The molecule has 0 aromatic heterocycles. The van der Waals surface area contributed by atoms with Crippen molar-refractivity contribution in [2.45, 2.75) is 0 Å². The van der Waals surface area contributed by atoms with Gasteiger partial charge in [-0.15, -0.1) is 0 Å². The Morgan fingerprint density at radius 3 is 1.73 bits per heavy atom. The predicted octanol–water partition coefficient (Wildman–Crippen LogP) is 10.3. The van der Waals surface area contributed by atoms with E-state index in [1.54, 1.807) is 24.3 Å². The lowest BCUT2D eigenvalue weighted by molar-refractivity contribution is 0.487. The molecule has 0 saturated heterocycles. The van der Waals surface area contributed by atoms with Gasteiger partial charge in [0, 0.05) is 10.9 Å². The van der Waals surface area contributed by atoms with Crippen molar-refractivity contribution in [3.63, 3.8) is 0 Å². The van der Waals surface area contributed by atoms with Crippen molar-refractivity contribution < 1.29 is 10.2 Å². The van der Waals surface area contributed by atoms with Gasteiger partial charge in [0.05, 0.1) is 5.48 Å². The lowest BCUT2D eigenvalue weighted by Crippen LogP contribution is -1.98. The molecule has 7 aromatic rings. The topological polar surface area (TPSA) is 9.23 Å². The first-order chi connectivity index (χ1) is 20.0. The molecule has 1 nitrogen and oxygen atoms in total. The number of benzene rings is 7. The standard InChI is InChI=1S/C36H22O/c1-2-11-23(12-3-1)34-25-14-4-6-16-27(25)35(28-17-7-5-15-26(28)34)31-22-21-30-24-13-8-9-19-32(24)37-33-20-10-18-29(31)36(30)33/h1-22H/i14D,15D,16D,17D. The van der Waals surface area contributed by atoms with Gasteiger partial charge in [0.1, 0.15) is 11.5 Å². The second kappa shape index (κ2) is 7.81. The lowest BCUT2D eigenvalue weighted by Gasteiger charge is -2.24. The first-order valence-electron chi connectivity index (χ1n) is 14.4. The van der Waals surface area contributed by atoms with Crippen LogP contribution in [0, 0.1) is 0 Å². The van der Waals surface area contributed by atoms with Gasteiger partial charge in [-0.3, -0.25) is 0 Å².